The molecule has 0 fully saturated rings. The van der Waals surface area contributed by atoms with Gasteiger partial charge in [0.15, 0.2) is 5.71 Å². The summed E-state index contributed by atoms with van der Waals surface area (Å²) in [5.74, 6) is -0.690. The van der Waals surface area contributed by atoms with Gasteiger partial charge in [0.25, 0.3) is 5.91 Å². The minimum absolute atomic E-state index is 0.165. The fraction of sp³-hybridized carbons (Fsp3) is 0.182. The van der Waals surface area contributed by atoms with Gasteiger partial charge in [-0.05, 0) is 36.8 Å². The van der Waals surface area contributed by atoms with Crippen molar-refractivity contribution in [2.75, 3.05) is 18.6 Å². The summed E-state index contributed by atoms with van der Waals surface area (Å²) in [4.78, 5) is 25.5. The number of carboxylic acids is 1. The molecule has 148 valence electrons. The lowest BCUT2D eigenvalue weighted by Gasteiger charge is -2.13. The molecule has 2 aromatic rings. The van der Waals surface area contributed by atoms with Crippen LogP contribution in [0, 0.1) is 0 Å². The maximum absolute atomic E-state index is 12.8. The fourth-order valence-electron chi connectivity index (χ4n) is 3.16. The third-order valence-corrected chi connectivity index (χ3v) is 4.55. The number of carboxylic acid groups (broad SMARTS) is 1. The van der Waals surface area contributed by atoms with Gasteiger partial charge in [0.2, 0.25) is 0 Å². The minimum atomic E-state index is -0.953. The number of aliphatic carboxylic acids is 1. The molecule has 7 nitrogen and oxygen atoms in total. The molecule has 0 aromatic heterocycles. The highest BCUT2D eigenvalue weighted by atomic mass is 16.5. The van der Waals surface area contributed by atoms with Crippen molar-refractivity contribution in [3.63, 3.8) is 0 Å². The first-order chi connectivity index (χ1) is 14.0. The van der Waals surface area contributed by atoms with Gasteiger partial charge < -0.3 is 14.7 Å². The smallest absolute Gasteiger partial charge is 0.307 e. The summed E-state index contributed by atoms with van der Waals surface area (Å²) in [7, 11) is 1.49. The maximum atomic E-state index is 12.8. The van der Waals surface area contributed by atoms with Crippen LogP contribution >= 0.6 is 0 Å². The van der Waals surface area contributed by atoms with Crippen molar-refractivity contribution in [3.05, 3.63) is 71.8 Å². The molecule has 1 heterocycles. The molecule has 0 saturated carbocycles. The number of anilines is 1. The molecule has 2 aromatic carbocycles. The number of hydrogen-bond acceptors (Lipinski definition) is 5. The van der Waals surface area contributed by atoms with Gasteiger partial charge in [-0.3, -0.25) is 9.59 Å². The number of rotatable bonds is 7. The molecular weight excluding hydrogens is 370 g/mol. The summed E-state index contributed by atoms with van der Waals surface area (Å²) in [6.45, 7) is 5.84. The molecule has 1 amide bonds. The highest BCUT2D eigenvalue weighted by molar-refractivity contribution is 6.54. The summed E-state index contributed by atoms with van der Waals surface area (Å²) in [6.07, 6.45) is 1.49. The normalized spacial score (nSPS) is 14.8. The average Bonchev–Trinajstić information content (AvgIpc) is 2.97. The fourth-order valence-corrected chi connectivity index (χ4v) is 3.16. The van der Waals surface area contributed by atoms with Gasteiger partial charge in [-0.25, -0.2) is 0 Å². The Morgan fingerprint density at radius 3 is 2.72 bits per heavy atom. The number of amides is 1. The van der Waals surface area contributed by atoms with Gasteiger partial charge in [-0.1, -0.05) is 24.3 Å². The Morgan fingerprint density at radius 1 is 1.28 bits per heavy atom. The van der Waals surface area contributed by atoms with E-state index in [2.05, 4.69) is 16.8 Å². The zero-order valence-corrected chi connectivity index (χ0v) is 16.3. The number of ether oxygens (including phenoxy) is 1. The molecule has 29 heavy (non-hydrogen) atoms. The van der Waals surface area contributed by atoms with Crippen molar-refractivity contribution in [1.82, 2.24) is 0 Å². The minimum Gasteiger partial charge on any atom is -0.496 e. The van der Waals surface area contributed by atoms with E-state index in [0.717, 1.165) is 11.3 Å². The van der Waals surface area contributed by atoms with E-state index in [1.54, 1.807) is 36.1 Å². The predicted octanol–water partition coefficient (Wildman–Crippen LogP) is 3.07. The summed E-state index contributed by atoms with van der Waals surface area (Å²) < 4.78 is 5.22. The molecule has 0 radical (unpaired) electrons. The standard InChI is InChI=1S/C22H21N3O4/c1-4-11-25-18-8-6-5-7-17(18)21(22(25)28)24-23-14(2)15-9-10-19(29-3)16(12-15)13-20(26)27/h4-10,12H,1,11,13H2,2-3H3,(H,26,27)/b23-14-,24-21-. The van der Waals surface area contributed by atoms with E-state index in [1.807, 2.05) is 24.3 Å². The number of nitrogens with zero attached hydrogens (tertiary/aromatic N) is 3. The molecule has 0 unspecified atom stereocenters. The van der Waals surface area contributed by atoms with E-state index in [1.165, 1.54) is 7.11 Å². The molecule has 7 heteroatoms. The lowest BCUT2D eigenvalue weighted by molar-refractivity contribution is -0.136. The Hall–Kier alpha value is -3.74. The number of carbonyl (C=O) groups excluding carboxylic acids is 1. The van der Waals surface area contributed by atoms with Crippen LogP contribution < -0.4 is 9.64 Å². The Balaban J connectivity index is 1.96. The molecule has 0 saturated heterocycles. The van der Waals surface area contributed by atoms with Crippen LogP contribution in [0.1, 0.15) is 23.6 Å². The molecule has 0 spiro atoms. The van der Waals surface area contributed by atoms with E-state index in [4.69, 9.17) is 9.84 Å². The number of carbonyl (C=O) groups is 2. The molecule has 1 N–H and O–H groups in total. The first-order valence-electron chi connectivity index (χ1n) is 8.99. The molecular formula is C22H21N3O4. The Bertz CT molecular complexity index is 1040. The SMILES string of the molecule is C=CCN1C(=O)/C(=N\N=C(\C)c2ccc(OC)c(CC(=O)O)c2)c2ccccc21. The number of benzene rings is 2. The second kappa shape index (κ2) is 8.52. The van der Waals surface area contributed by atoms with Gasteiger partial charge in [0, 0.05) is 17.7 Å². The Kier molecular flexibility index (Phi) is 5.87. The molecule has 0 aliphatic carbocycles. The van der Waals surface area contributed by atoms with E-state index in [0.29, 0.717) is 29.1 Å². The number of hydrogen-bond donors (Lipinski definition) is 1. The highest BCUT2D eigenvalue weighted by Gasteiger charge is 2.33. The van der Waals surface area contributed by atoms with Crippen LogP contribution in [-0.4, -0.2) is 42.1 Å². The van der Waals surface area contributed by atoms with Crippen LogP contribution in [0.15, 0.2) is 65.3 Å². The van der Waals surface area contributed by atoms with Crippen molar-refractivity contribution in [2.45, 2.75) is 13.3 Å². The van der Waals surface area contributed by atoms with Crippen molar-refractivity contribution < 1.29 is 19.4 Å². The van der Waals surface area contributed by atoms with Crippen molar-refractivity contribution in [1.29, 1.82) is 0 Å². The molecule has 1 aliphatic heterocycles. The van der Waals surface area contributed by atoms with Gasteiger partial charge in [-0.2, -0.15) is 5.10 Å². The van der Waals surface area contributed by atoms with E-state index < -0.39 is 5.97 Å². The second-order valence-electron chi connectivity index (χ2n) is 6.45. The van der Waals surface area contributed by atoms with Crippen LogP contribution in [0.25, 0.3) is 0 Å². The molecule has 1 aliphatic rings. The topological polar surface area (TPSA) is 91.6 Å². The van der Waals surface area contributed by atoms with Gasteiger partial charge in [-0.15, -0.1) is 11.7 Å². The number of methoxy groups -OCH3 is 1. The lowest BCUT2D eigenvalue weighted by atomic mass is 10.0. The third kappa shape index (κ3) is 4.08. The zero-order valence-electron chi connectivity index (χ0n) is 16.3. The quantitative estimate of drug-likeness (QED) is 0.446. The average molecular weight is 391 g/mol. The van der Waals surface area contributed by atoms with E-state index in [-0.39, 0.29) is 18.0 Å². The summed E-state index contributed by atoms with van der Waals surface area (Å²) in [6, 6.07) is 12.6. The highest BCUT2D eigenvalue weighted by Crippen LogP contribution is 2.29. The van der Waals surface area contributed by atoms with E-state index in [9.17, 15) is 9.59 Å². The van der Waals surface area contributed by atoms with Crippen LogP contribution in [-0.2, 0) is 16.0 Å². The number of para-hydroxylation sites is 1. The Labute approximate surface area is 168 Å². The lowest BCUT2D eigenvalue weighted by Crippen LogP contribution is -2.30. The van der Waals surface area contributed by atoms with Crippen LogP contribution in [0.4, 0.5) is 5.69 Å². The van der Waals surface area contributed by atoms with Crippen LogP contribution in [0.2, 0.25) is 0 Å². The monoisotopic (exact) mass is 391 g/mol. The second-order valence-corrected chi connectivity index (χ2v) is 6.45. The van der Waals surface area contributed by atoms with E-state index >= 15 is 0 Å². The summed E-state index contributed by atoms with van der Waals surface area (Å²) >= 11 is 0. The zero-order chi connectivity index (χ0) is 21.0. The maximum Gasteiger partial charge on any atom is 0.307 e. The predicted molar refractivity (Wildman–Crippen MR) is 112 cm³/mol. The molecule has 0 atom stereocenters. The van der Waals surface area contributed by atoms with Crippen molar-refractivity contribution >= 4 is 29.0 Å². The van der Waals surface area contributed by atoms with Crippen molar-refractivity contribution in [2.24, 2.45) is 10.2 Å². The first-order valence-corrected chi connectivity index (χ1v) is 8.99. The largest absolute Gasteiger partial charge is 0.496 e. The molecule has 0 bridgehead atoms. The van der Waals surface area contributed by atoms with Crippen molar-refractivity contribution in [3.8, 4) is 5.75 Å². The van der Waals surface area contributed by atoms with Gasteiger partial charge in [0.1, 0.15) is 5.75 Å². The van der Waals surface area contributed by atoms with Crippen LogP contribution in [0.3, 0.4) is 0 Å². The first kappa shape index (κ1) is 20.0. The van der Waals surface area contributed by atoms with Gasteiger partial charge >= 0.3 is 5.97 Å². The third-order valence-electron chi connectivity index (χ3n) is 4.55. The number of fused-ring (bicyclic) bond motifs is 1. The molecule has 3 rings (SSSR count). The van der Waals surface area contributed by atoms with Gasteiger partial charge in [0.05, 0.1) is 24.9 Å². The summed E-state index contributed by atoms with van der Waals surface area (Å²) in [5.41, 5.74) is 3.56. The van der Waals surface area contributed by atoms with Crippen LogP contribution in [0.5, 0.6) is 5.75 Å². The summed E-state index contributed by atoms with van der Waals surface area (Å²) in [5, 5.41) is 17.6. The Morgan fingerprint density at radius 2 is 2.03 bits per heavy atom.